The number of fused-ring (bicyclic) bond motifs is 1. The number of hydrogen-bond donors (Lipinski definition) is 1. The third-order valence-electron chi connectivity index (χ3n) is 3.35. The van der Waals surface area contributed by atoms with E-state index in [0.29, 0.717) is 30.2 Å². The number of amides is 1. The van der Waals surface area contributed by atoms with Gasteiger partial charge in [-0.2, -0.15) is 0 Å². The van der Waals surface area contributed by atoms with E-state index >= 15 is 0 Å². The summed E-state index contributed by atoms with van der Waals surface area (Å²) >= 11 is 0. The summed E-state index contributed by atoms with van der Waals surface area (Å²) in [4.78, 5) is 13.9. The van der Waals surface area contributed by atoms with Gasteiger partial charge in [-0.1, -0.05) is 0 Å². The summed E-state index contributed by atoms with van der Waals surface area (Å²) in [6.07, 6.45) is 0. The first kappa shape index (κ1) is 12.7. The van der Waals surface area contributed by atoms with Crippen molar-refractivity contribution >= 4 is 5.91 Å². The summed E-state index contributed by atoms with van der Waals surface area (Å²) in [5.74, 6) is 1.29. The Morgan fingerprint density at radius 1 is 1.33 bits per heavy atom. The molecule has 5 nitrogen and oxygen atoms in total. The minimum absolute atomic E-state index is 0.0505. The van der Waals surface area contributed by atoms with E-state index in [1.54, 1.807) is 32.2 Å². The monoisotopic (exact) mass is 250 g/mol. The van der Waals surface area contributed by atoms with Crippen molar-refractivity contribution in [3.63, 3.8) is 0 Å². The normalized spacial score (nSPS) is 18.6. The minimum Gasteiger partial charge on any atom is -0.496 e. The maximum absolute atomic E-state index is 12.3. The van der Waals surface area contributed by atoms with Crippen LogP contribution in [0.2, 0.25) is 0 Å². The standard InChI is InChI=1S/C13H18N2O3/c1-15-7-8(6-14)11-9(17-2)4-5-10(18-3)12(11)13(15)16/h4-5,8H,6-7,14H2,1-3H3. The van der Waals surface area contributed by atoms with Gasteiger partial charge in [-0.3, -0.25) is 4.79 Å². The number of methoxy groups -OCH3 is 2. The Morgan fingerprint density at radius 3 is 2.50 bits per heavy atom. The van der Waals surface area contributed by atoms with Gasteiger partial charge in [0, 0.05) is 31.6 Å². The fourth-order valence-electron chi connectivity index (χ4n) is 2.44. The van der Waals surface area contributed by atoms with Gasteiger partial charge in [0.15, 0.2) is 0 Å². The predicted octanol–water partition coefficient (Wildman–Crippen LogP) is 0.832. The highest BCUT2D eigenvalue weighted by atomic mass is 16.5. The van der Waals surface area contributed by atoms with Crippen LogP contribution < -0.4 is 15.2 Å². The molecule has 0 aliphatic carbocycles. The molecule has 0 saturated carbocycles. The van der Waals surface area contributed by atoms with Crippen molar-refractivity contribution in [3.05, 3.63) is 23.3 Å². The highest BCUT2D eigenvalue weighted by molar-refractivity contribution is 6.00. The zero-order valence-electron chi connectivity index (χ0n) is 10.9. The summed E-state index contributed by atoms with van der Waals surface area (Å²) in [6.45, 7) is 1.07. The molecular weight excluding hydrogens is 232 g/mol. The average Bonchev–Trinajstić information content (AvgIpc) is 2.41. The number of rotatable bonds is 3. The molecule has 0 spiro atoms. The number of hydrogen-bond acceptors (Lipinski definition) is 4. The van der Waals surface area contributed by atoms with E-state index < -0.39 is 0 Å². The van der Waals surface area contributed by atoms with Gasteiger partial charge in [0.2, 0.25) is 0 Å². The molecular formula is C13H18N2O3. The Labute approximate surface area is 106 Å². The highest BCUT2D eigenvalue weighted by Gasteiger charge is 2.34. The van der Waals surface area contributed by atoms with Gasteiger partial charge in [0.1, 0.15) is 11.5 Å². The first-order valence-corrected chi connectivity index (χ1v) is 5.84. The van der Waals surface area contributed by atoms with Gasteiger partial charge in [0.05, 0.1) is 19.8 Å². The summed E-state index contributed by atoms with van der Waals surface area (Å²) in [5, 5.41) is 0. The van der Waals surface area contributed by atoms with Crippen molar-refractivity contribution in [1.29, 1.82) is 0 Å². The molecule has 0 bridgehead atoms. The molecule has 1 unspecified atom stereocenters. The molecule has 0 aromatic heterocycles. The van der Waals surface area contributed by atoms with E-state index in [-0.39, 0.29) is 11.8 Å². The molecule has 1 aromatic carbocycles. The lowest BCUT2D eigenvalue weighted by molar-refractivity contribution is 0.0760. The van der Waals surface area contributed by atoms with Crippen LogP contribution in [0.1, 0.15) is 21.8 Å². The fraction of sp³-hybridized carbons (Fsp3) is 0.462. The van der Waals surface area contributed by atoms with E-state index in [2.05, 4.69) is 0 Å². The van der Waals surface area contributed by atoms with E-state index in [1.807, 2.05) is 6.07 Å². The SMILES string of the molecule is COc1ccc(OC)c2c1C(=O)N(C)CC2CN. The zero-order chi connectivity index (χ0) is 13.3. The van der Waals surface area contributed by atoms with Crippen LogP contribution in [-0.4, -0.2) is 45.2 Å². The number of ether oxygens (including phenoxy) is 2. The van der Waals surface area contributed by atoms with Gasteiger partial charge in [-0.05, 0) is 12.1 Å². The Balaban J connectivity index is 2.68. The Hall–Kier alpha value is -1.75. The maximum Gasteiger partial charge on any atom is 0.257 e. The molecule has 1 atom stereocenters. The average molecular weight is 250 g/mol. The van der Waals surface area contributed by atoms with Crippen molar-refractivity contribution in [2.24, 2.45) is 5.73 Å². The van der Waals surface area contributed by atoms with Gasteiger partial charge < -0.3 is 20.1 Å². The number of carbonyl (C=O) groups excluding carboxylic acids is 1. The van der Waals surface area contributed by atoms with Gasteiger partial charge >= 0.3 is 0 Å². The molecule has 1 aliphatic heterocycles. The molecule has 0 saturated heterocycles. The smallest absolute Gasteiger partial charge is 0.257 e. The first-order chi connectivity index (χ1) is 8.63. The largest absolute Gasteiger partial charge is 0.496 e. The number of carbonyl (C=O) groups is 1. The van der Waals surface area contributed by atoms with E-state index in [9.17, 15) is 4.79 Å². The lowest BCUT2D eigenvalue weighted by Crippen LogP contribution is -2.39. The number of benzene rings is 1. The summed E-state index contributed by atoms with van der Waals surface area (Å²) < 4.78 is 10.6. The molecule has 1 amide bonds. The van der Waals surface area contributed by atoms with E-state index in [4.69, 9.17) is 15.2 Å². The van der Waals surface area contributed by atoms with Crippen molar-refractivity contribution in [2.45, 2.75) is 5.92 Å². The van der Waals surface area contributed by atoms with Crippen LogP contribution in [-0.2, 0) is 0 Å². The molecule has 1 heterocycles. The molecule has 0 radical (unpaired) electrons. The van der Waals surface area contributed by atoms with E-state index in [1.165, 1.54) is 0 Å². The lowest BCUT2D eigenvalue weighted by atomic mass is 9.88. The number of nitrogens with two attached hydrogens (primary N) is 1. The van der Waals surface area contributed by atoms with Crippen molar-refractivity contribution in [1.82, 2.24) is 4.90 Å². The van der Waals surface area contributed by atoms with E-state index in [0.717, 1.165) is 5.56 Å². The Kier molecular flexibility index (Phi) is 3.43. The lowest BCUT2D eigenvalue weighted by Gasteiger charge is -2.33. The first-order valence-electron chi connectivity index (χ1n) is 5.84. The molecule has 2 N–H and O–H groups in total. The quantitative estimate of drug-likeness (QED) is 0.863. The summed E-state index contributed by atoms with van der Waals surface area (Å²) in [6, 6.07) is 3.57. The molecule has 98 valence electrons. The second-order valence-corrected chi connectivity index (χ2v) is 4.38. The van der Waals surface area contributed by atoms with Crippen LogP contribution >= 0.6 is 0 Å². The topological polar surface area (TPSA) is 64.8 Å². The van der Waals surface area contributed by atoms with Crippen LogP contribution in [0.25, 0.3) is 0 Å². The second-order valence-electron chi connectivity index (χ2n) is 4.38. The minimum atomic E-state index is -0.0505. The Morgan fingerprint density at radius 2 is 1.94 bits per heavy atom. The van der Waals surface area contributed by atoms with Crippen molar-refractivity contribution < 1.29 is 14.3 Å². The molecule has 2 rings (SSSR count). The van der Waals surface area contributed by atoms with Crippen LogP contribution in [0, 0.1) is 0 Å². The van der Waals surface area contributed by atoms with Gasteiger partial charge in [-0.15, -0.1) is 0 Å². The number of nitrogens with zero attached hydrogens (tertiary/aromatic N) is 1. The number of likely N-dealkylation sites (N-methyl/N-ethyl adjacent to an activating group) is 1. The third kappa shape index (κ3) is 1.80. The van der Waals surface area contributed by atoms with Crippen molar-refractivity contribution in [3.8, 4) is 11.5 Å². The molecule has 1 aromatic rings. The fourth-order valence-corrected chi connectivity index (χ4v) is 2.44. The maximum atomic E-state index is 12.3. The zero-order valence-corrected chi connectivity index (χ0v) is 10.9. The molecule has 0 fully saturated rings. The van der Waals surface area contributed by atoms with Gasteiger partial charge in [0.25, 0.3) is 5.91 Å². The Bertz CT molecular complexity index is 474. The van der Waals surface area contributed by atoms with Crippen LogP contribution in [0.4, 0.5) is 0 Å². The van der Waals surface area contributed by atoms with Gasteiger partial charge in [-0.25, -0.2) is 0 Å². The predicted molar refractivity (Wildman–Crippen MR) is 68.3 cm³/mol. The summed E-state index contributed by atoms with van der Waals surface area (Å²) in [5.41, 5.74) is 7.24. The molecule has 5 heteroatoms. The highest BCUT2D eigenvalue weighted by Crippen LogP contribution is 2.39. The molecule has 18 heavy (non-hydrogen) atoms. The second kappa shape index (κ2) is 4.86. The third-order valence-corrected chi connectivity index (χ3v) is 3.35. The van der Waals surface area contributed by atoms with Crippen molar-refractivity contribution in [2.75, 3.05) is 34.4 Å². The van der Waals surface area contributed by atoms with Crippen LogP contribution in [0.5, 0.6) is 11.5 Å². The van der Waals surface area contributed by atoms with Crippen LogP contribution in [0.15, 0.2) is 12.1 Å². The molecule has 1 aliphatic rings. The summed E-state index contributed by atoms with van der Waals surface area (Å²) in [7, 11) is 4.92. The van der Waals surface area contributed by atoms with Crippen LogP contribution in [0.3, 0.4) is 0 Å².